The Labute approximate surface area is 88.1 Å². The standard InChI is InChI=1S/C8H17N5O2/c1-5(14)13-7(15)6(9)3-2-4-12-8(10)11/h6H,2-4,9H2,1H3,(H4,10,11,12)(H,13,14,15)/t6-/m0/s1. The third kappa shape index (κ3) is 7.44. The van der Waals surface area contributed by atoms with Gasteiger partial charge in [-0.1, -0.05) is 0 Å². The van der Waals surface area contributed by atoms with E-state index in [4.69, 9.17) is 17.2 Å². The highest BCUT2D eigenvalue weighted by Gasteiger charge is 2.13. The van der Waals surface area contributed by atoms with Gasteiger partial charge in [0.1, 0.15) is 0 Å². The van der Waals surface area contributed by atoms with Crippen LogP contribution < -0.4 is 22.5 Å². The molecule has 0 aromatic rings. The number of carbonyl (C=O) groups excluding carboxylic acids is 2. The van der Waals surface area contributed by atoms with Gasteiger partial charge in [-0.2, -0.15) is 0 Å². The van der Waals surface area contributed by atoms with Crippen molar-refractivity contribution in [1.29, 1.82) is 0 Å². The smallest absolute Gasteiger partial charge is 0.243 e. The number of hydrogen-bond donors (Lipinski definition) is 4. The molecule has 15 heavy (non-hydrogen) atoms. The van der Waals surface area contributed by atoms with E-state index >= 15 is 0 Å². The molecule has 0 rings (SSSR count). The van der Waals surface area contributed by atoms with Gasteiger partial charge in [0.05, 0.1) is 6.04 Å². The van der Waals surface area contributed by atoms with E-state index < -0.39 is 17.9 Å². The van der Waals surface area contributed by atoms with Crippen molar-refractivity contribution in [2.45, 2.75) is 25.8 Å². The van der Waals surface area contributed by atoms with Gasteiger partial charge in [-0.25, -0.2) is 0 Å². The molecule has 7 N–H and O–H groups in total. The van der Waals surface area contributed by atoms with Crippen LogP contribution in [0.2, 0.25) is 0 Å². The first-order chi connectivity index (χ1) is 6.93. The fourth-order valence-corrected chi connectivity index (χ4v) is 0.917. The summed E-state index contributed by atoms with van der Waals surface area (Å²) in [6.07, 6.45) is 1.01. The molecule has 2 amide bonds. The molecule has 7 nitrogen and oxygen atoms in total. The summed E-state index contributed by atoms with van der Waals surface area (Å²) < 4.78 is 0. The zero-order valence-corrected chi connectivity index (χ0v) is 8.69. The topological polar surface area (TPSA) is 137 Å². The summed E-state index contributed by atoms with van der Waals surface area (Å²) in [6, 6.07) is -0.705. The van der Waals surface area contributed by atoms with E-state index in [9.17, 15) is 9.59 Å². The van der Waals surface area contributed by atoms with Crippen LogP contribution in [0.15, 0.2) is 4.99 Å². The molecular weight excluding hydrogens is 198 g/mol. The van der Waals surface area contributed by atoms with Crippen LogP contribution in [-0.4, -0.2) is 30.4 Å². The predicted molar refractivity (Wildman–Crippen MR) is 56.7 cm³/mol. The number of carbonyl (C=O) groups is 2. The predicted octanol–water partition coefficient (Wildman–Crippen LogP) is -1.97. The molecule has 0 aliphatic carbocycles. The Morgan fingerprint density at radius 1 is 1.40 bits per heavy atom. The summed E-state index contributed by atoms with van der Waals surface area (Å²) in [7, 11) is 0. The molecule has 0 aromatic heterocycles. The van der Waals surface area contributed by atoms with E-state index in [0.29, 0.717) is 19.4 Å². The summed E-state index contributed by atoms with van der Waals surface area (Å²) >= 11 is 0. The molecule has 0 bridgehead atoms. The number of nitrogens with two attached hydrogens (primary N) is 3. The normalized spacial score (nSPS) is 11.6. The average molecular weight is 215 g/mol. The maximum absolute atomic E-state index is 11.1. The largest absolute Gasteiger partial charge is 0.370 e. The van der Waals surface area contributed by atoms with Crippen LogP contribution in [0.3, 0.4) is 0 Å². The van der Waals surface area contributed by atoms with Crippen molar-refractivity contribution < 1.29 is 9.59 Å². The van der Waals surface area contributed by atoms with Gasteiger partial charge < -0.3 is 17.2 Å². The Balaban J connectivity index is 3.74. The SMILES string of the molecule is CC(=O)NC(=O)[C@@H](N)CCCN=C(N)N. The van der Waals surface area contributed by atoms with Crippen LogP contribution in [0.4, 0.5) is 0 Å². The number of guanidine groups is 1. The molecular formula is C8H17N5O2. The van der Waals surface area contributed by atoms with Crippen LogP contribution in [0.25, 0.3) is 0 Å². The lowest BCUT2D eigenvalue weighted by Gasteiger charge is -2.09. The van der Waals surface area contributed by atoms with E-state index in [1.807, 2.05) is 0 Å². The quantitative estimate of drug-likeness (QED) is 0.239. The van der Waals surface area contributed by atoms with Crippen molar-refractivity contribution in [1.82, 2.24) is 5.32 Å². The minimum atomic E-state index is -0.705. The summed E-state index contributed by atoms with van der Waals surface area (Å²) in [4.78, 5) is 25.4. The lowest BCUT2D eigenvalue weighted by Crippen LogP contribution is -2.42. The Bertz CT molecular complexity index is 260. The molecule has 0 spiro atoms. The van der Waals surface area contributed by atoms with E-state index in [1.54, 1.807) is 0 Å². The van der Waals surface area contributed by atoms with Crippen LogP contribution in [0.1, 0.15) is 19.8 Å². The first-order valence-electron chi connectivity index (χ1n) is 4.56. The summed E-state index contributed by atoms with van der Waals surface area (Å²) in [5, 5.41) is 2.10. The summed E-state index contributed by atoms with van der Waals surface area (Å²) in [5.41, 5.74) is 15.7. The van der Waals surface area contributed by atoms with Gasteiger partial charge >= 0.3 is 0 Å². The molecule has 0 saturated heterocycles. The summed E-state index contributed by atoms with van der Waals surface area (Å²) in [5.74, 6) is -0.886. The number of rotatable bonds is 5. The monoisotopic (exact) mass is 215 g/mol. The van der Waals surface area contributed by atoms with Gasteiger partial charge in [-0.05, 0) is 12.8 Å². The highest BCUT2D eigenvalue weighted by atomic mass is 16.2. The Morgan fingerprint density at radius 3 is 2.47 bits per heavy atom. The lowest BCUT2D eigenvalue weighted by molar-refractivity contribution is -0.130. The highest BCUT2D eigenvalue weighted by molar-refractivity contribution is 5.96. The lowest BCUT2D eigenvalue weighted by atomic mass is 10.1. The molecule has 0 aromatic carbocycles. The number of aliphatic imine (C=N–C) groups is 1. The van der Waals surface area contributed by atoms with Crippen molar-refractivity contribution in [2.24, 2.45) is 22.2 Å². The minimum absolute atomic E-state index is 0.0109. The molecule has 0 aliphatic heterocycles. The first-order valence-corrected chi connectivity index (χ1v) is 4.56. The molecule has 0 fully saturated rings. The Hall–Kier alpha value is -1.63. The molecule has 1 atom stereocenters. The molecule has 0 radical (unpaired) electrons. The van der Waals surface area contributed by atoms with E-state index in [2.05, 4.69) is 10.3 Å². The number of amides is 2. The highest BCUT2D eigenvalue weighted by Crippen LogP contribution is 1.95. The average Bonchev–Trinajstić information content (AvgIpc) is 2.10. The minimum Gasteiger partial charge on any atom is -0.370 e. The molecule has 0 unspecified atom stereocenters. The molecule has 86 valence electrons. The van der Waals surface area contributed by atoms with E-state index in [0.717, 1.165) is 0 Å². The van der Waals surface area contributed by atoms with E-state index in [1.165, 1.54) is 6.92 Å². The molecule has 7 heteroatoms. The van der Waals surface area contributed by atoms with Gasteiger partial charge in [-0.15, -0.1) is 0 Å². The maximum Gasteiger partial charge on any atom is 0.243 e. The Kier molecular flexibility index (Phi) is 6.03. The number of hydrogen-bond acceptors (Lipinski definition) is 4. The van der Waals surface area contributed by atoms with Crippen molar-refractivity contribution in [3.05, 3.63) is 0 Å². The molecule has 0 heterocycles. The van der Waals surface area contributed by atoms with Crippen molar-refractivity contribution in [3.63, 3.8) is 0 Å². The zero-order valence-electron chi connectivity index (χ0n) is 8.69. The van der Waals surface area contributed by atoms with Crippen LogP contribution in [0, 0.1) is 0 Å². The van der Waals surface area contributed by atoms with Crippen molar-refractivity contribution in [2.75, 3.05) is 6.54 Å². The van der Waals surface area contributed by atoms with Crippen LogP contribution in [0.5, 0.6) is 0 Å². The fraction of sp³-hybridized carbons (Fsp3) is 0.625. The van der Waals surface area contributed by atoms with Crippen LogP contribution >= 0.6 is 0 Å². The molecule has 0 saturated carbocycles. The fourth-order valence-electron chi connectivity index (χ4n) is 0.917. The zero-order chi connectivity index (χ0) is 11.8. The molecule has 0 aliphatic rings. The number of nitrogens with zero attached hydrogens (tertiary/aromatic N) is 1. The van der Waals surface area contributed by atoms with Crippen molar-refractivity contribution >= 4 is 17.8 Å². The maximum atomic E-state index is 11.1. The summed E-state index contributed by atoms with van der Waals surface area (Å²) in [6.45, 7) is 1.67. The van der Waals surface area contributed by atoms with Crippen LogP contribution in [-0.2, 0) is 9.59 Å². The second-order valence-corrected chi connectivity index (χ2v) is 3.10. The third-order valence-corrected chi connectivity index (χ3v) is 1.60. The number of imide groups is 1. The van der Waals surface area contributed by atoms with Gasteiger partial charge in [0.25, 0.3) is 0 Å². The second-order valence-electron chi connectivity index (χ2n) is 3.10. The van der Waals surface area contributed by atoms with E-state index in [-0.39, 0.29) is 5.96 Å². The van der Waals surface area contributed by atoms with Gasteiger partial charge in [0, 0.05) is 13.5 Å². The number of nitrogens with one attached hydrogen (secondary N) is 1. The first kappa shape index (κ1) is 13.4. The van der Waals surface area contributed by atoms with Gasteiger partial charge in [0.2, 0.25) is 11.8 Å². The second kappa shape index (κ2) is 6.77. The Morgan fingerprint density at radius 2 is 2.00 bits per heavy atom. The third-order valence-electron chi connectivity index (χ3n) is 1.60. The van der Waals surface area contributed by atoms with Gasteiger partial charge in [-0.3, -0.25) is 19.9 Å². The van der Waals surface area contributed by atoms with Gasteiger partial charge in [0.15, 0.2) is 5.96 Å². The van der Waals surface area contributed by atoms with Crippen molar-refractivity contribution in [3.8, 4) is 0 Å².